The number of aryl methyl sites for hydroxylation is 2. The van der Waals surface area contributed by atoms with Crippen LogP contribution in [0, 0.1) is 13.8 Å². The van der Waals surface area contributed by atoms with Crippen LogP contribution in [0.15, 0.2) is 48.5 Å². The second-order valence-electron chi connectivity index (χ2n) is 5.75. The van der Waals surface area contributed by atoms with Gasteiger partial charge < -0.3 is 15.7 Å². The Hall–Kier alpha value is -1.91. The maximum Gasteiger partial charge on any atom is 0.146 e. The molecule has 3 rings (SSSR count). The highest BCUT2D eigenvalue weighted by Gasteiger charge is 2.24. The first kappa shape index (κ1) is 16.0. The Bertz CT molecular complexity index is 635. The van der Waals surface area contributed by atoms with E-state index in [1.54, 1.807) is 11.8 Å². The third-order valence-corrected chi connectivity index (χ3v) is 4.84. The molecule has 0 unspecified atom stereocenters. The van der Waals surface area contributed by atoms with Gasteiger partial charge in [0, 0.05) is 5.75 Å². The van der Waals surface area contributed by atoms with E-state index in [0.29, 0.717) is 5.75 Å². The Morgan fingerprint density at radius 3 is 1.65 bits per heavy atom. The van der Waals surface area contributed by atoms with E-state index in [4.69, 9.17) is 5.11 Å². The molecule has 3 nitrogen and oxygen atoms in total. The number of hydrogen-bond donors (Lipinski definition) is 3. The van der Waals surface area contributed by atoms with Crippen molar-refractivity contribution in [1.82, 2.24) is 10.6 Å². The van der Waals surface area contributed by atoms with Crippen molar-refractivity contribution >= 4 is 23.2 Å². The van der Waals surface area contributed by atoms with Gasteiger partial charge in [-0.3, -0.25) is 0 Å². The van der Waals surface area contributed by atoms with E-state index in [2.05, 4.69) is 73.0 Å². The molecular weight excluding hydrogens is 304 g/mol. The molecule has 0 bridgehead atoms. The maximum absolute atomic E-state index is 9.06. The number of nitrogens with one attached hydrogen (secondary N) is 2. The van der Waals surface area contributed by atoms with Gasteiger partial charge in [-0.25, -0.2) is 0 Å². The fourth-order valence-corrected chi connectivity index (χ4v) is 3.34. The summed E-state index contributed by atoms with van der Waals surface area (Å²) in [4.78, 5) is 0. The van der Waals surface area contributed by atoms with Crippen molar-refractivity contribution in [2.45, 2.75) is 19.3 Å². The highest BCUT2D eigenvalue weighted by molar-refractivity contribution is 7.99. The molecule has 120 valence electrons. The Morgan fingerprint density at radius 1 is 0.826 bits per heavy atom. The van der Waals surface area contributed by atoms with E-state index in [-0.39, 0.29) is 12.1 Å². The van der Waals surface area contributed by atoms with Gasteiger partial charge >= 0.3 is 0 Å². The molecule has 0 saturated carbocycles. The third-order valence-electron chi connectivity index (χ3n) is 3.86. The first-order chi connectivity index (χ1) is 11.2. The van der Waals surface area contributed by atoms with Gasteiger partial charge in [0.1, 0.15) is 5.50 Å². The molecule has 0 radical (unpaired) electrons. The molecular formula is C19H22N2OS. The minimum absolute atomic E-state index is 0.0785. The average molecular weight is 326 g/mol. The largest absolute Gasteiger partial charge is 0.396 e. The highest BCUT2D eigenvalue weighted by atomic mass is 32.2. The van der Waals surface area contributed by atoms with Crippen molar-refractivity contribution in [3.05, 3.63) is 70.8 Å². The zero-order valence-electron chi connectivity index (χ0n) is 13.5. The molecule has 0 fully saturated rings. The van der Waals surface area contributed by atoms with Crippen molar-refractivity contribution in [1.29, 1.82) is 0 Å². The van der Waals surface area contributed by atoms with Gasteiger partial charge in [0.2, 0.25) is 0 Å². The Morgan fingerprint density at radius 2 is 1.26 bits per heavy atom. The molecule has 1 heterocycles. The van der Waals surface area contributed by atoms with Gasteiger partial charge in [0.15, 0.2) is 0 Å². The van der Waals surface area contributed by atoms with Gasteiger partial charge in [0.05, 0.1) is 18.0 Å². The van der Waals surface area contributed by atoms with Crippen LogP contribution in [0.1, 0.15) is 22.3 Å². The third kappa shape index (κ3) is 3.71. The van der Waals surface area contributed by atoms with Crippen molar-refractivity contribution in [3.8, 4) is 0 Å². The smallest absolute Gasteiger partial charge is 0.146 e. The molecule has 23 heavy (non-hydrogen) atoms. The summed E-state index contributed by atoms with van der Waals surface area (Å²) in [5.74, 6) is 0.701. The van der Waals surface area contributed by atoms with Gasteiger partial charge in [-0.15, -0.1) is 11.8 Å². The second kappa shape index (κ2) is 7.11. The van der Waals surface area contributed by atoms with E-state index in [0.717, 1.165) is 11.4 Å². The predicted molar refractivity (Wildman–Crippen MR) is 98.8 cm³/mol. The van der Waals surface area contributed by atoms with Crippen LogP contribution >= 0.6 is 11.8 Å². The van der Waals surface area contributed by atoms with Gasteiger partial charge in [0.25, 0.3) is 0 Å². The summed E-state index contributed by atoms with van der Waals surface area (Å²) in [6.45, 7) is 4.38. The van der Waals surface area contributed by atoms with Crippen LogP contribution in [0.5, 0.6) is 0 Å². The molecule has 0 aliphatic carbocycles. The standard InChI is InChI=1S/C19H22N2OS/c1-13-3-7-15(8-4-13)17-18(16-9-5-14(2)6-10-16)21-19(20-17)23-12-11-22/h3-10,19-22H,11-12H2,1-2H3. The Labute approximate surface area is 141 Å². The highest BCUT2D eigenvalue weighted by Crippen LogP contribution is 2.30. The number of aliphatic hydroxyl groups is 1. The van der Waals surface area contributed by atoms with Crippen LogP contribution in [0.4, 0.5) is 0 Å². The summed E-state index contributed by atoms with van der Waals surface area (Å²) < 4.78 is 0. The van der Waals surface area contributed by atoms with Crippen LogP contribution < -0.4 is 10.6 Å². The van der Waals surface area contributed by atoms with Crippen molar-refractivity contribution in [2.24, 2.45) is 0 Å². The summed E-state index contributed by atoms with van der Waals surface area (Å²) >= 11 is 1.67. The van der Waals surface area contributed by atoms with E-state index < -0.39 is 0 Å². The van der Waals surface area contributed by atoms with E-state index >= 15 is 0 Å². The maximum atomic E-state index is 9.06. The lowest BCUT2D eigenvalue weighted by Crippen LogP contribution is -2.29. The van der Waals surface area contributed by atoms with Crippen LogP contribution in [0.25, 0.3) is 11.4 Å². The van der Waals surface area contributed by atoms with Crippen LogP contribution in [0.3, 0.4) is 0 Å². The summed E-state index contributed by atoms with van der Waals surface area (Å²) in [7, 11) is 0. The minimum atomic E-state index is 0.0785. The van der Waals surface area contributed by atoms with E-state index in [1.165, 1.54) is 22.3 Å². The summed E-state index contributed by atoms with van der Waals surface area (Å²) in [5.41, 5.74) is 7.16. The second-order valence-corrected chi connectivity index (χ2v) is 6.96. The lowest BCUT2D eigenvalue weighted by Gasteiger charge is -2.13. The monoisotopic (exact) mass is 326 g/mol. The lowest BCUT2D eigenvalue weighted by molar-refractivity contribution is 0.322. The van der Waals surface area contributed by atoms with Crippen LogP contribution in [0.2, 0.25) is 0 Å². The summed E-state index contributed by atoms with van der Waals surface area (Å²) in [6.07, 6.45) is 0. The topological polar surface area (TPSA) is 44.3 Å². The molecule has 0 atom stereocenters. The molecule has 4 heteroatoms. The molecule has 0 saturated heterocycles. The number of thioether (sulfide) groups is 1. The molecule has 0 amide bonds. The molecule has 0 spiro atoms. The minimum Gasteiger partial charge on any atom is -0.396 e. The average Bonchev–Trinajstić information content (AvgIpc) is 2.98. The van der Waals surface area contributed by atoms with Gasteiger partial charge in [-0.05, 0) is 25.0 Å². The molecule has 2 aromatic rings. The number of rotatable bonds is 5. The molecule has 2 aromatic carbocycles. The first-order valence-electron chi connectivity index (χ1n) is 7.81. The fourth-order valence-electron chi connectivity index (χ4n) is 2.59. The number of hydrogen-bond acceptors (Lipinski definition) is 4. The molecule has 1 aliphatic heterocycles. The normalized spacial score (nSPS) is 14.7. The fraction of sp³-hybridized carbons (Fsp3) is 0.263. The van der Waals surface area contributed by atoms with Crippen molar-refractivity contribution < 1.29 is 5.11 Å². The number of benzene rings is 2. The van der Waals surface area contributed by atoms with E-state index in [1.807, 2.05) is 0 Å². The molecule has 0 aromatic heterocycles. The lowest BCUT2D eigenvalue weighted by atomic mass is 10.0. The summed E-state index contributed by atoms with van der Waals surface area (Å²) in [5, 5.41) is 16.2. The van der Waals surface area contributed by atoms with Gasteiger partial charge in [-0.2, -0.15) is 0 Å². The molecule has 1 aliphatic rings. The van der Waals surface area contributed by atoms with Gasteiger partial charge in [-0.1, -0.05) is 59.7 Å². The zero-order valence-corrected chi connectivity index (χ0v) is 14.3. The molecule has 3 N–H and O–H groups in total. The quantitative estimate of drug-likeness (QED) is 0.788. The van der Waals surface area contributed by atoms with Crippen molar-refractivity contribution in [2.75, 3.05) is 12.4 Å². The van der Waals surface area contributed by atoms with E-state index in [9.17, 15) is 0 Å². The van der Waals surface area contributed by atoms with Crippen LogP contribution in [-0.2, 0) is 0 Å². The Kier molecular flexibility index (Phi) is 4.94. The first-order valence-corrected chi connectivity index (χ1v) is 8.86. The van der Waals surface area contributed by atoms with Crippen molar-refractivity contribution in [3.63, 3.8) is 0 Å². The SMILES string of the molecule is Cc1ccc(C2=C(c3ccc(C)cc3)NC(SCCO)N2)cc1. The zero-order chi connectivity index (χ0) is 16.2. The number of aliphatic hydroxyl groups excluding tert-OH is 1. The summed E-state index contributed by atoms with van der Waals surface area (Å²) in [6, 6.07) is 17.1. The Balaban J connectivity index is 1.95. The van der Waals surface area contributed by atoms with Crippen LogP contribution in [-0.4, -0.2) is 23.0 Å². The predicted octanol–water partition coefficient (Wildman–Crippen LogP) is 3.33.